The van der Waals surface area contributed by atoms with E-state index in [1.54, 1.807) is 61.7 Å². The molecule has 1 atom stereocenters. The third-order valence-electron chi connectivity index (χ3n) is 7.23. The van der Waals surface area contributed by atoms with Crippen LogP contribution in [0.2, 0.25) is 0 Å². The quantitative estimate of drug-likeness (QED) is 0.185. The molecular formula is C36H41N3O6S. The summed E-state index contributed by atoms with van der Waals surface area (Å²) in [6.45, 7) is 5.51. The summed E-state index contributed by atoms with van der Waals surface area (Å²) in [5.41, 5.74) is 1.87. The van der Waals surface area contributed by atoms with E-state index in [0.29, 0.717) is 18.1 Å². The molecular weight excluding hydrogens is 602 g/mol. The fourth-order valence-electron chi connectivity index (χ4n) is 5.03. The summed E-state index contributed by atoms with van der Waals surface area (Å²) >= 11 is 0. The van der Waals surface area contributed by atoms with Gasteiger partial charge in [0.2, 0.25) is 11.8 Å². The Hall–Kier alpha value is -4.83. The predicted octanol–water partition coefficient (Wildman–Crippen LogP) is 5.45. The number of amides is 2. The van der Waals surface area contributed by atoms with E-state index < -0.39 is 28.5 Å². The van der Waals surface area contributed by atoms with Crippen molar-refractivity contribution in [3.63, 3.8) is 0 Å². The zero-order valence-electron chi connectivity index (χ0n) is 26.6. The van der Waals surface area contributed by atoms with Crippen molar-refractivity contribution in [3.05, 3.63) is 120 Å². The molecule has 0 aliphatic heterocycles. The van der Waals surface area contributed by atoms with Crippen LogP contribution in [-0.4, -0.2) is 57.5 Å². The molecule has 9 nitrogen and oxygen atoms in total. The van der Waals surface area contributed by atoms with Crippen molar-refractivity contribution in [2.24, 2.45) is 0 Å². The Morgan fingerprint density at radius 1 is 0.804 bits per heavy atom. The number of hydrogen-bond donors (Lipinski definition) is 1. The Balaban J connectivity index is 1.80. The van der Waals surface area contributed by atoms with Crippen molar-refractivity contribution >= 4 is 27.5 Å². The van der Waals surface area contributed by atoms with Gasteiger partial charge < -0.3 is 19.7 Å². The molecule has 0 bridgehead atoms. The van der Waals surface area contributed by atoms with Gasteiger partial charge in [0.05, 0.1) is 24.3 Å². The van der Waals surface area contributed by atoms with E-state index in [9.17, 15) is 18.0 Å². The Bertz CT molecular complexity index is 1680. The van der Waals surface area contributed by atoms with Gasteiger partial charge in [0, 0.05) is 19.0 Å². The zero-order valence-corrected chi connectivity index (χ0v) is 27.4. The largest absolute Gasteiger partial charge is 0.497 e. The van der Waals surface area contributed by atoms with E-state index in [1.165, 1.54) is 17.0 Å². The number of benzene rings is 4. The standard InChI is InChI=1S/C36H41N3O6S/c1-5-45-31-21-19-30(20-22-31)39(46(42,43)33-17-10-7-11-18-33)26-35(40)38(25-29-15-12-16-32(23-29)44-4)34(36(41)37-27(2)3)24-28-13-8-6-9-14-28/h6-23,27,34H,5,24-26H2,1-4H3,(H,37,41). The van der Waals surface area contributed by atoms with Gasteiger partial charge in [-0.2, -0.15) is 0 Å². The molecule has 2 amide bonds. The molecule has 4 aromatic carbocycles. The summed E-state index contributed by atoms with van der Waals surface area (Å²) < 4.78 is 40.3. The number of hydrogen-bond acceptors (Lipinski definition) is 6. The van der Waals surface area contributed by atoms with Gasteiger partial charge in [0.25, 0.3) is 10.0 Å². The zero-order chi connectivity index (χ0) is 33.1. The lowest BCUT2D eigenvalue weighted by Gasteiger charge is -2.34. The van der Waals surface area contributed by atoms with E-state index in [-0.39, 0.29) is 35.5 Å². The highest BCUT2D eigenvalue weighted by Gasteiger charge is 2.35. The molecule has 0 heterocycles. The van der Waals surface area contributed by atoms with Crippen molar-refractivity contribution in [3.8, 4) is 11.5 Å². The van der Waals surface area contributed by atoms with Gasteiger partial charge in [-0.05, 0) is 80.4 Å². The van der Waals surface area contributed by atoms with Gasteiger partial charge in [-0.25, -0.2) is 8.42 Å². The topological polar surface area (TPSA) is 105 Å². The second kappa shape index (κ2) is 15.9. The molecule has 0 aromatic heterocycles. The van der Waals surface area contributed by atoms with Crippen LogP contribution < -0.4 is 19.1 Å². The average Bonchev–Trinajstić information content (AvgIpc) is 3.06. The van der Waals surface area contributed by atoms with Crippen LogP contribution in [0, 0.1) is 0 Å². The van der Waals surface area contributed by atoms with Crippen LogP contribution in [0.5, 0.6) is 11.5 Å². The smallest absolute Gasteiger partial charge is 0.264 e. The first-order valence-corrected chi connectivity index (χ1v) is 16.6. The summed E-state index contributed by atoms with van der Waals surface area (Å²) in [4.78, 5) is 29.9. The van der Waals surface area contributed by atoms with Crippen LogP contribution >= 0.6 is 0 Å². The molecule has 0 aliphatic carbocycles. The Labute approximate surface area is 271 Å². The molecule has 0 spiro atoms. The van der Waals surface area contributed by atoms with Crippen molar-refractivity contribution in [1.82, 2.24) is 10.2 Å². The van der Waals surface area contributed by atoms with Crippen LogP contribution in [-0.2, 0) is 32.6 Å². The highest BCUT2D eigenvalue weighted by atomic mass is 32.2. The van der Waals surface area contributed by atoms with Crippen LogP contribution in [0.1, 0.15) is 31.9 Å². The van der Waals surface area contributed by atoms with E-state index in [0.717, 1.165) is 15.4 Å². The lowest BCUT2D eigenvalue weighted by Crippen LogP contribution is -2.54. The van der Waals surface area contributed by atoms with Gasteiger partial charge in [0.1, 0.15) is 24.1 Å². The maximum atomic E-state index is 14.5. The molecule has 46 heavy (non-hydrogen) atoms. The summed E-state index contributed by atoms with van der Waals surface area (Å²) in [5.74, 6) is 0.283. The first-order valence-electron chi connectivity index (χ1n) is 15.2. The fourth-order valence-corrected chi connectivity index (χ4v) is 6.46. The molecule has 1 unspecified atom stereocenters. The minimum Gasteiger partial charge on any atom is -0.497 e. The summed E-state index contributed by atoms with van der Waals surface area (Å²) in [6.07, 6.45) is 0.226. The first-order chi connectivity index (χ1) is 22.1. The molecule has 4 aromatic rings. The van der Waals surface area contributed by atoms with Gasteiger partial charge in [-0.15, -0.1) is 0 Å². The predicted molar refractivity (Wildman–Crippen MR) is 179 cm³/mol. The number of rotatable bonds is 15. The Morgan fingerprint density at radius 2 is 1.43 bits per heavy atom. The van der Waals surface area contributed by atoms with Crippen LogP contribution in [0.3, 0.4) is 0 Å². The van der Waals surface area contributed by atoms with Gasteiger partial charge in [-0.1, -0.05) is 60.7 Å². The SMILES string of the molecule is CCOc1ccc(N(CC(=O)N(Cc2cccc(OC)c2)C(Cc2ccccc2)C(=O)NC(C)C)S(=O)(=O)c2ccccc2)cc1. The van der Waals surface area contributed by atoms with Crippen LogP contribution in [0.4, 0.5) is 5.69 Å². The third-order valence-corrected chi connectivity index (χ3v) is 9.02. The lowest BCUT2D eigenvalue weighted by molar-refractivity contribution is -0.140. The maximum absolute atomic E-state index is 14.5. The number of carbonyl (C=O) groups excluding carboxylic acids is 2. The monoisotopic (exact) mass is 643 g/mol. The van der Waals surface area contributed by atoms with E-state index in [2.05, 4.69) is 5.32 Å². The molecule has 4 rings (SSSR count). The Morgan fingerprint density at radius 3 is 2.04 bits per heavy atom. The van der Waals surface area contributed by atoms with Gasteiger partial charge in [0.15, 0.2) is 0 Å². The van der Waals surface area contributed by atoms with Crippen molar-refractivity contribution in [1.29, 1.82) is 0 Å². The summed E-state index contributed by atoms with van der Waals surface area (Å²) in [7, 11) is -2.64. The molecule has 0 saturated heterocycles. The number of nitrogens with one attached hydrogen (secondary N) is 1. The number of anilines is 1. The van der Waals surface area contributed by atoms with Crippen LogP contribution in [0.25, 0.3) is 0 Å². The second-order valence-corrected chi connectivity index (χ2v) is 12.9. The molecule has 1 N–H and O–H groups in total. The first kappa shape index (κ1) is 34.1. The second-order valence-electron chi connectivity index (χ2n) is 11.0. The normalized spacial score (nSPS) is 11.8. The molecule has 0 saturated carbocycles. The van der Waals surface area contributed by atoms with E-state index in [1.807, 2.05) is 63.2 Å². The van der Waals surface area contributed by atoms with E-state index in [4.69, 9.17) is 9.47 Å². The van der Waals surface area contributed by atoms with Crippen molar-refractivity contribution in [2.75, 3.05) is 24.6 Å². The average molecular weight is 644 g/mol. The van der Waals surface area contributed by atoms with Gasteiger partial charge >= 0.3 is 0 Å². The van der Waals surface area contributed by atoms with E-state index >= 15 is 0 Å². The Kier molecular flexibility index (Phi) is 11.8. The van der Waals surface area contributed by atoms with Gasteiger partial charge in [-0.3, -0.25) is 13.9 Å². The number of nitrogens with zero attached hydrogens (tertiary/aromatic N) is 2. The molecule has 242 valence electrons. The molecule has 10 heteroatoms. The fraction of sp³-hybridized carbons (Fsp3) is 0.278. The lowest BCUT2D eigenvalue weighted by atomic mass is 10.0. The number of carbonyl (C=O) groups is 2. The third kappa shape index (κ3) is 8.88. The minimum atomic E-state index is -4.19. The number of methoxy groups -OCH3 is 1. The highest BCUT2D eigenvalue weighted by Crippen LogP contribution is 2.27. The minimum absolute atomic E-state index is 0.0365. The van der Waals surface area contributed by atoms with Crippen molar-refractivity contribution in [2.45, 2.75) is 50.7 Å². The molecule has 0 fully saturated rings. The highest BCUT2D eigenvalue weighted by molar-refractivity contribution is 7.92. The number of ether oxygens (including phenoxy) is 2. The summed E-state index contributed by atoms with van der Waals surface area (Å²) in [6, 6.07) is 30.1. The summed E-state index contributed by atoms with van der Waals surface area (Å²) in [5, 5.41) is 2.96. The molecule has 0 aliphatic rings. The van der Waals surface area contributed by atoms with Crippen LogP contribution in [0.15, 0.2) is 114 Å². The van der Waals surface area contributed by atoms with Crippen molar-refractivity contribution < 1.29 is 27.5 Å². The molecule has 0 radical (unpaired) electrons. The number of sulfonamides is 1. The maximum Gasteiger partial charge on any atom is 0.264 e.